The van der Waals surface area contributed by atoms with Crippen molar-refractivity contribution in [2.45, 2.75) is 39.3 Å². The number of aromatic nitrogens is 1. The minimum absolute atomic E-state index is 0.176. The van der Waals surface area contributed by atoms with Crippen LogP contribution in [-0.2, 0) is 16.1 Å². The van der Waals surface area contributed by atoms with Gasteiger partial charge in [0.25, 0.3) is 5.56 Å². The van der Waals surface area contributed by atoms with E-state index in [-0.39, 0.29) is 18.8 Å². The molecule has 0 aliphatic carbocycles. The second-order valence-corrected chi connectivity index (χ2v) is 13.6. The Morgan fingerprint density at radius 2 is 1.76 bits per heavy atom. The molecule has 2 heterocycles. The maximum atomic E-state index is 14.3. The first-order chi connectivity index (χ1) is 23.7. The third kappa shape index (κ3) is 7.22. The molecule has 10 heteroatoms. The van der Waals surface area contributed by atoms with Crippen LogP contribution in [0.1, 0.15) is 60.5 Å². The molecule has 0 N–H and O–H groups in total. The van der Waals surface area contributed by atoms with Gasteiger partial charge in [-0.1, -0.05) is 115 Å². The van der Waals surface area contributed by atoms with Crippen LogP contribution < -0.4 is 24.4 Å². The van der Waals surface area contributed by atoms with Crippen molar-refractivity contribution in [3.8, 4) is 11.5 Å². The second-order valence-electron chi connectivity index (χ2n) is 11.7. The van der Waals surface area contributed by atoms with Gasteiger partial charge in [0.2, 0.25) is 0 Å². The van der Waals surface area contributed by atoms with Gasteiger partial charge in [0.1, 0.15) is 6.61 Å². The standard InChI is InChI=1S/C39H34Cl2N2O5S/c1-5-47-38(45)33-34(27-11-7-6-8-12-27)42-39-43(35(33)28-16-14-26(15-17-28)23(2)3)37(44)32(49-39)21-25-19-30(41)36(31(20-25)46-4)48-22-24-10-9-13-29(40)18-24/h6-21,23,35H,5,22H2,1-4H3/b32-21-/t35-/m0/s1. The van der Waals surface area contributed by atoms with Crippen LogP contribution in [0.3, 0.4) is 0 Å². The van der Waals surface area contributed by atoms with Gasteiger partial charge < -0.3 is 14.2 Å². The van der Waals surface area contributed by atoms with E-state index in [1.165, 1.54) is 18.4 Å². The number of carbonyl (C=O) groups excluding carboxylic acids is 1. The highest BCUT2D eigenvalue weighted by Gasteiger charge is 2.35. The summed E-state index contributed by atoms with van der Waals surface area (Å²) >= 11 is 14.1. The zero-order chi connectivity index (χ0) is 34.7. The number of esters is 1. The van der Waals surface area contributed by atoms with Crippen molar-refractivity contribution in [3.63, 3.8) is 0 Å². The fourth-order valence-electron chi connectivity index (χ4n) is 5.72. The van der Waals surface area contributed by atoms with Crippen molar-refractivity contribution < 1.29 is 19.0 Å². The molecule has 7 nitrogen and oxygen atoms in total. The molecule has 5 aromatic rings. The smallest absolute Gasteiger partial charge is 0.338 e. The van der Waals surface area contributed by atoms with E-state index in [1.54, 1.807) is 35.8 Å². The Kier molecular flexibility index (Phi) is 10.4. The summed E-state index contributed by atoms with van der Waals surface area (Å²) in [5.74, 6) is 0.572. The lowest BCUT2D eigenvalue weighted by Gasteiger charge is -2.26. The molecule has 0 fully saturated rings. The third-order valence-electron chi connectivity index (χ3n) is 8.11. The van der Waals surface area contributed by atoms with Crippen LogP contribution in [0, 0.1) is 0 Å². The van der Waals surface area contributed by atoms with Gasteiger partial charge in [0.15, 0.2) is 16.3 Å². The first-order valence-corrected chi connectivity index (χ1v) is 17.4. The number of hydrogen-bond acceptors (Lipinski definition) is 7. The summed E-state index contributed by atoms with van der Waals surface area (Å²) < 4.78 is 19.3. The zero-order valence-electron chi connectivity index (χ0n) is 27.4. The molecule has 0 saturated heterocycles. The molecular formula is C39H34Cl2N2O5S. The lowest BCUT2D eigenvalue weighted by atomic mass is 9.91. The van der Waals surface area contributed by atoms with Crippen LogP contribution in [0.15, 0.2) is 106 Å². The quantitative estimate of drug-likeness (QED) is 0.137. The molecule has 49 heavy (non-hydrogen) atoms. The Hall–Kier alpha value is -4.63. The van der Waals surface area contributed by atoms with Crippen LogP contribution in [0.25, 0.3) is 11.8 Å². The van der Waals surface area contributed by atoms with Crippen LogP contribution in [-0.4, -0.2) is 24.3 Å². The van der Waals surface area contributed by atoms with Gasteiger partial charge in [-0.2, -0.15) is 0 Å². The molecular weight excluding hydrogens is 679 g/mol. The number of methoxy groups -OCH3 is 1. The molecule has 0 bridgehead atoms. The number of fused-ring (bicyclic) bond motifs is 1. The van der Waals surface area contributed by atoms with Gasteiger partial charge >= 0.3 is 5.97 Å². The summed E-state index contributed by atoms with van der Waals surface area (Å²) in [5.41, 5.74) is 4.64. The lowest BCUT2D eigenvalue weighted by Crippen LogP contribution is -2.40. The summed E-state index contributed by atoms with van der Waals surface area (Å²) in [4.78, 5) is 33.5. The highest BCUT2D eigenvalue weighted by Crippen LogP contribution is 2.38. The Bertz CT molecular complexity index is 2220. The maximum Gasteiger partial charge on any atom is 0.338 e. The molecule has 250 valence electrons. The van der Waals surface area contributed by atoms with Gasteiger partial charge in [-0.25, -0.2) is 9.79 Å². The molecule has 1 atom stereocenters. The highest BCUT2D eigenvalue weighted by molar-refractivity contribution is 7.07. The average molecular weight is 714 g/mol. The fourth-order valence-corrected chi connectivity index (χ4v) is 7.20. The number of benzene rings is 4. The van der Waals surface area contributed by atoms with Gasteiger partial charge in [0.05, 0.1) is 40.6 Å². The molecule has 0 saturated carbocycles. The fraction of sp³-hybridized carbons (Fsp3) is 0.205. The molecule has 1 aliphatic rings. The average Bonchev–Trinajstić information content (AvgIpc) is 3.41. The van der Waals surface area contributed by atoms with Crippen molar-refractivity contribution in [1.29, 1.82) is 0 Å². The maximum absolute atomic E-state index is 14.3. The van der Waals surface area contributed by atoms with E-state index in [9.17, 15) is 9.59 Å². The first kappa shape index (κ1) is 34.2. The Morgan fingerprint density at radius 1 is 1.00 bits per heavy atom. The summed E-state index contributed by atoms with van der Waals surface area (Å²) in [5, 5.41) is 0.926. The van der Waals surface area contributed by atoms with E-state index >= 15 is 0 Å². The predicted octanol–water partition coefficient (Wildman–Crippen LogP) is 7.95. The Labute approximate surface area is 298 Å². The molecule has 6 rings (SSSR count). The number of hydrogen-bond donors (Lipinski definition) is 0. The van der Waals surface area contributed by atoms with Crippen LogP contribution in [0.4, 0.5) is 0 Å². The molecule has 0 spiro atoms. The molecule has 0 amide bonds. The SMILES string of the molecule is CCOC(=O)C1=C(c2ccccc2)N=c2s/c(=C\c3cc(Cl)c(OCc4cccc(Cl)c4)c(OC)c3)c(=O)n2[C@H]1c1ccc(C(C)C)cc1. The number of thiazole rings is 1. The first-order valence-electron chi connectivity index (χ1n) is 15.8. The number of rotatable bonds is 10. The molecule has 1 aliphatic heterocycles. The van der Waals surface area contributed by atoms with E-state index in [4.69, 9.17) is 42.4 Å². The topological polar surface area (TPSA) is 79.1 Å². The summed E-state index contributed by atoms with van der Waals surface area (Å²) in [7, 11) is 1.53. The second kappa shape index (κ2) is 14.9. The summed E-state index contributed by atoms with van der Waals surface area (Å²) in [6.07, 6.45) is 1.74. The van der Waals surface area contributed by atoms with Gasteiger partial charge in [-0.15, -0.1) is 0 Å². The Morgan fingerprint density at radius 3 is 2.43 bits per heavy atom. The number of halogens is 2. The van der Waals surface area contributed by atoms with Crippen LogP contribution in [0.5, 0.6) is 11.5 Å². The molecule has 4 aromatic carbocycles. The van der Waals surface area contributed by atoms with E-state index in [2.05, 4.69) is 13.8 Å². The van der Waals surface area contributed by atoms with Crippen molar-refractivity contribution in [2.24, 2.45) is 4.99 Å². The third-order valence-corrected chi connectivity index (χ3v) is 9.61. The van der Waals surface area contributed by atoms with Crippen LogP contribution >= 0.6 is 34.5 Å². The van der Waals surface area contributed by atoms with Gasteiger partial charge in [0, 0.05) is 10.6 Å². The number of nitrogens with zero attached hydrogens (tertiary/aromatic N) is 2. The largest absolute Gasteiger partial charge is 0.493 e. The van der Waals surface area contributed by atoms with Crippen molar-refractivity contribution in [3.05, 3.63) is 154 Å². The Balaban J connectivity index is 1.49. The summed E-state index contributed by atoms with van der Waals surface area (Å²) in [6.45, 7) is 6.41. The van der Waals surface area contributed by atoms with Gasteiger partial charge in [-0.3, -0.25) is 9.36 Å². The van der Waals surface area contributed by atoms with Crippen molar-refractivity contribution in [1.82, 2.24) is 4.57 Å². The predicted molar refractivity (Wildman–Crippen MR) is 195 cm³/mol. The van der Waals surface area contributed by atoms with Crippen molar-refractivity contribution in [2.75, 3.05) is 13.7 Å². The normalized spacial score (nSPS) is 14.4. The van der Waals surface area contributed by atoms with E-state index < -0.39 is 12.0 Å². The summed E-state index contributed by atoms with van der Waals surface area (Å²) in [6, 6.07) is 27.6. The van der Waals surface area contributed by atoms with Crippen molar-refractivity contribution >= 4 is 52.3 Å². The number of carbonyl (C=O) groups is 1. The van der Waals surface area contributed by atoms with E-state index in [1.807, 2.05) is 72.8 Å². The lowest BCUT2D eigenvalue weighted by molar-refractivity contribution is -0.138. The van der Waals surface area contributed by atoms with E-state index in [0.717, 1.165) is 22.3 Å². The zero-order valence-corrected chi connectivity index (χ0v) is 29.7. The monoisotopic (exact) mass is 712 g/mol. The molecule has 0 unspecified atom stereocenters. The molecule has 0 radical (unpaired) electrons. The van der Waals surface area contributed by atoms with Gasteiger partial charge in [-0.05, 0) is 65.4 Å². The minimum Gasteiger partial charge on any atom is -0.493 e. The van der Waals surface area contributed by atoms with Crippen LogP contribution in [0.2, 0.25) is 10.0 Å². The number of ether oxygens (including phenoxy) is 3. The minimum atomic E-state index is -0.769. The van der Waals surface area contributed by atoms with E-state index in [0.29, 0.717) is 53.6 Å². The highest BCUT2D eigenvalue weighted by atomic mass is 35.5. The molecule has 1 aromatic heterocycles.